The zero-order valence-electron chi connectivity index (χ0n) is 11.8. The van der Waals surface area contributed by atoms with Crippen LogP contribution in [0.5, 0.6) is 0 Å². The zero-order chi connectivity index (χ0) is 16.3. The molecule has 2 spiro atoms. The lowest BCUT2D eigenvalue weighted by atomic mass is 9.91. The SMILES string of the molecule is C[C@H]([C@H]1C(Cl)(Cl)C12C(=O)OC1(CCCCC1)OC2=O)[N+](=O)[O-]. The predicted octanol–water partition coefficient (Wildman–Crippen LogP) is 2.20. The van der Waals surface area contributed by atoms with Crippen molar-refractivity contribution < 1.29 is 24.0 Å². The number of alkyl halides is 2. The first kappa shape index (κ1) is 15.8. The van der Waals surface area contributed by atoms with Gasteiger partial charge in [0.25, 0.3) is 5.79 Å². The Morgan fingerprint density at radius 2 is 1.68 bits per heavy atom. The fraction of sp³-hybridized carbons (Fsp3) is 0.846. The molecule has 0 aromatic heterocycles. The normalized spacial score (nSPS) is 36.6. The summed E-state index contributed by atoms with van der Waals surface area (Å²) in [7, 11) is 0. The molecule has 122 valence electrons. The van der Waals surface area contributed by atoms with Crippen LogP contribution in [0.1, 0.15) is 39.0 Å². The van der Waals surface area contributed by atoms with Crippen molar-refractivity contribution in [3.63, 3.8) is 0 Å². The molecular weight excluding hydrogens is 337 g/mol. The van der Waals surface area contributed by atoms with Crippen molar-refractivity contribution in [1.82, 2.24) is 0 Å². The minimum atomic E-state index is -1.99. The van der Waals surface area contributed by atoms with Crippen molar-refractivity contribution in [1.29, 1.82) is 0 Å². The number of esters is 2. The maximum Gasteiger partial charge on any atom is 0.330 e. The lowest BCUT2D eigenvalue weighted by molar-refractivity contribution is -0.523. The number of hydrogen-bond donors (Lipinski definition) is 0. The van der Waals surface area contributed by atoms with Gasteiger partial charge in [-0.25, -0.2) is 0 Å². The lowest BCUT2D eigenvalue weighted by Crippen LogP contribution is -2.54. The van der Waals surface area contributed by atoms with E-state index in [0.717, 1.165) is 19.3 Å². The van der Waals surface area contributed by atoms with Gasteiger partial charge in [-0.3, -0.25) is 19.7 Å². The van der Waals surface area contributed by atoms with E-state index in [4.69, 9.17) is 32.7 Å². The summed E-state index contributed by atoms with van der Waals surface area (Å²) < 4.78 is 8.89. The number of carbonyl (C=O) groups is 2. The molecule has 0 amide bonds. The maximum absolute atomic E-state index is 12.5. The lowest BCUT2D eigenvalue weighted by Gasteiger charge is -2.41. The molecule has 0 radical (unpaired) electrons. The molecule has 1 heterocycles. The average Bonchev–Trinajstić information content (AvgIpc) is 2.94. The van der Waals surface area contributed by atoms with Crippen molar-refractivity contribution in [2.24, 2.45) is 11.3 Å². The summed E-state index contributed by atoms with van der Waals surface area (Å²) in [6, 6.07) is -1.27. The highest BCUT2D eigenvalue weighted by molar-refractivity contribution is 6.56. The second kappa shape index (κ2) is 4.71. The van der Waals surface area contributed by atoms with Crippen LogP contribution < -0.4 is 0 Å². The highest BCUT2D eigenvalue weighted by atomic mass is 35.5. The summed E-state index contributed by atoms with van der Waals surface area (Å²) in [5, 5.41) is 11.0. The molecule has 3 fully saturated rings. The summed E-state index contributed by atoms with van der Waals surface area (Å²) in [4.78, 5) is 35.4. The van der Waals surface area contributed by atoms with E-state index in [-0.39, 0.29) is 0 Å². The third-order valence-corrected chi connectivity index (χ3v) is 6.00. The maximum atomic E-state index is 12.5. The smallest absolute Gasteiger partial charge is 0.330 e. The molecule has 2 saturated carbocycles. The molecule has 22 heavy (non-hydrogen) atoms. The van der Waals surface area contributed by atoms with Crippen LogP contribution in [0.2, 0.25) is 0 Å². The van der Waals surface area contributed by atoms with Gasteiger partial charge in [0.05, 0.1) is 5.92 Å². The van der Waals surface area contributed by atoms with Gasteiger partial charge in [0, 0.05) is 24.7 Å². The van der Waals surface area contributed by atoms with E-state index in [9.17, 15) is 19.7 Å². The number of nitro groups is 1. The van der Waals surface area contributed by atoms with E-state index < -0.39 is 44.4 Å². The number of nitrogens with zero attached hydrogens (tertiary/aromatic N) is 1. The Kier molecular flexibility index (Phi) is 3.38. The van der Waals surface area contributed by atoms with Crippen LogP contribution >= 0.6 is 23.2 Å². The molecule has 2 aliphatic carbocycles. The Bertz CT molecular complexity index is 537. The highest BCUT2D eigenvalue weighted by Gasteiger charge is 2.92. The van der Waals surface area contributed by atoms with Gasteiger partial charge < -0.3 is 9.47 Å². The molecule has 9 heteroatoms. The van der Waals surface area contributed by atoms with E-state index in [2.05, 4.69) is 0 Å². The van der Waals surface area contributed by atoms with Crippen molar-refractivity contribution in [2.75, 3.05) is 0 Å². The molecule has 3 aliphatic rings. The molecule has 0 aromatic rings. The Morgan fingerprint density at radius 3 is 2.14 bits per heavy atom. The molecule has 0 unspecified atom stereocenters. The van der Waals surface area contributed by atoms with Gasteiger partial charge in [0.1, 0.15) is 0 Å². The third kappa shape index (κ3) is 1.81. The number of carbonyl (C=O) groups excluding carboxylic acids is 2. The topological polar surface area (TPSA) is 95.7 Å². The van der Waals surface area contributed by atoms with Gasteiger partial charge in [-0.05, 0) is 12.8 Å². The summed E-state index contributed by atoms with van der Waals surface area (Å²) in [5.41, 5.74) is -1.99. The minimum absolute atomic E-state index is 0.424. The first-order chi connectivity index (χ1) is 10.2. The highest BCUT2D eigenvalue weighted by Crippen LogP contribution is 2.73. The van der Waals surface area contributed by atoms with Crippen LogP contribution in [0.15, 0.2) is 0 Å². The van der Waals surface area contributed by atoms with Crippen molar-refractivity contribution >= 4 is 35.1 Å². The zero-order valence-corrected chi connectivity index (χ0v) is 13.4. The number of halogens is 2. The van der Waals surface area contributed by atoms with Gasteiger partial charge in [0.15, 0.2) is 4.33 Å². The molecule has 1 saturated heterocycles. The number of rotatable bonds is 2. The van der Waals surface area contributed by atoms with Gasteiger partial charge in [0.2, 0.25) is 11.5 Å². The Hall–Kier alpha value is -1.08. The van der Waals surface area contributed by atoms with Gasteiger partial charge in [-0.2, -0.15) is 0 Å². The average molecular weight is 352 g/mol. The van der Waals surface area contributed by atoms with Crippen LogP contribution in [-0.4, -0.2) is 33.0 Å². The van der Waals surface area contributed by atoms with E-state index in [1.807, 2.05) is 0 Å². The number of ether oxygens (including phenoxy) is 2. The fourth-order valence-electron chi connectivity index (χ4n) is 3.64. The Balaban J connectivity index is 1.92. The first-order valence-electron chi connectivity index (χ1n) is 7.17. The third-order valence-electron chi connectivity index (χ3n) is 4.93. The molecule has 0 aromatic carbocycles. The summed E-state index contributed by atoms with van der Waals surface area (Å²) in [5.74, 6) is -4.24. The molecular formula is C13H15Cl2NO6. The molecule has 2 atom stereocenters. The molecule has 3 rings (SSSR count). The van der Waals surface area contributed by atoms with Crippen molar-refractivity contribution in [3.05, 3.63) is 10.1 Å². The van der Waals surface area contributed by atoms with Crippen LogP contribution in [0.4, 0.5) is 0 Å². The Morgan fingerprint density at radius 1 is 1.18 bits per heavy atom. The van der Waals surface area contributed by atoms with Crippen molar-refractivity contribution in [2.45, 2.75) is 55.2 Å². The largest absolute Gasteiger partial charge is 0.422 e. The monoisotopic (exact) mass is 351 g/mol. The van der Waals surface area contributed by atoms with Crippen LogP contribution in [-0.2, 0) is 19.1 Å². The second-order valence-electron chi connectivity index (χ2n) is 6.18. The quantitative estimate of drug-likeness (QED) is 0.249. The van der Waals surface area contributed by atoms with Crippen LogP contribution in [0, 0.1) is 21.4 Å². The summed E-state index contributed by atoms with van der Waals surface area (Å²) >= 11 is 12.1. The molecule has 0 N–H and O–H groups in total. The Labute approximate surface area is 136 Å². The number of hydrogen-bond acceptors (Lipinski definition) is 6. The first-order valence-corrected chi connectivity index (χ1v) is 7.93. The van der Waals surface area contributed by atoms with E-state index in [0.29, 0.717) is 12.8 Å². The van der Waals surface area contributed by atoms with E-state index >= 15 is 0 Å². The molecule has 1 aliphatic heterocycles. The van der Waals surface area contributed by atoms with Gasteiger partial charge in [-0.1, -0.05) is 29.6 Å². The van der Waals surface area contributed by atoms with E-state index in [1.54, 1.807) is 0 Å². The second-order valence-corrected chi connectivity index (χ2v) is 7.57. The van der Waals surface area contributed by atoms with Crippen molar-refractivity contribution in [3.8, 4) is 0 Å². The van der Waals surface area contributed by atoms with Crippen LogP contribution in [0.3, 0.4) is 0 Å². The molecule has 7 nitrogen and oxygen atoms in total. The standard InChI is InChI=1S/C13H15Cl2NO6/c1-7(16(19)20)8-12(13(8,14)15)9(17)21-11(22-10(12)18)5-3-2-4-6-11/h7-8H,2-6H2,1H3/t7-,8-/m1/s1. The molecule has 0 bridgehead atoms. The van der Waals surface area contributed by atoms with Gasteiger partial charge >= 0.3 is 11.9 Å². The van der Waals surface area contributed by atoms with E-state index in [1.165, 1.54) is 6.92 Å². The van der Waals surface area contributed by atoms with Gasteiger partial charge in [-0.15, -0.1) is 0 Å². The van der Waals surface area contributed by atoms with Crippen LogP contribution in [0.25, 0.3) is 0 Å². The fourth-order valence-corrected chi connectivity index (χ4v) is 4.77. The predicted molar refractivity (Wildman–Crippen MR) is 74.8 cm³/mol. The minimum Gasteiger partial charge on any atom is -0.422 e. The summed E-state index contributed by atoms with van der Waals surface area (Å²) in [6.45, 7) is 1.25. The summed E-state index contributed by atoms with van der Waals surface area (Å²) in [6.07, 6.45) is 3.36.